The molecule has 0 heterocycles. The lowest BCUT2D eigenvalue weighted by atomic mass is 10.1. The Balaban J connectivity index is 2.59. The highest BCUT2D eigenvalue weighted by Gasteiger charge is 2.12. The standard InChI is InChI=1S/C15H22BrNO3/c1-4-5-10(2)17-15(19)9-20-14-7-6-12(16)8-13(14)11(3)18/h6-8,10-11,18H,4-5,9H2,1-3H3,(H,17,19). The van der Waals surface area contributed by atoms with Crippen molar-refractivity contribution in [2.75, 3.05) is 6.61 Å². The Morgan fingerprint density at radius 2 is 2.15 bits per heavy atom. The molecular weight excluding hydrogens is 322 g/mol. The fourth-order valence-electron chi connectivity index (χ4n) is 1.94. The second-order valence-electron chi connectivity index (χ2n) is 4.90. The van der Waals surface area contributed by atoms with Crippen molar-refractivity contribution in [3.63, 3.8) is 0 Å². The van der Waals surface area contributed by atoms with Gasteiger partial charge in [-0.15, -0.1) is 0 Å². The summed E-state index contributed by atoms with van der Waals surface area (Å²) in [6, 6.07) is 5.50. The molecule has 1 rings (SSSR count). The first kappa shape index (κ1) is 17.0. The van der Waals surface area contributed by atoms with Gasteiger partial charge in [-0.2, -0.15) is 0 Å². The Morgan fingerprint density at radius 3 is 2.75 bits per heavy atom. The summed E-state index contributed by atoms with van der Waals surface area (Å²) in [6.07, 6.45) is 1.33. The molecular formula is C15H22BrNO3. The fraction of sp³-hybridized carbons (Fsp3) is 0.533. The Morgan fingerprint density at radius 1 is 1.45 bits per heavy atom. The van der Waals surface area contributed by atoms with Gasteiger partial charge in [0.05, 0.1) is 6.10 Å². The minimum atomic E-state index is -0.649. The number of rotatable bonds is 7. The Labute approximate surface area is 128 Å². The molecule has 4 nitrogen and oxygen atoms in total. The average molecular weight is 344 g/mol. The van der Waals surface area contributed by atoms with Crippen LogP contribution < -0.4 is 10.1 Å². The monoisotopic (exact) mass is 343 g/mol. The number of hydrogen-bond donors (Lipinski definition) is 2. The highest BCUT2D eigenvalue weighted by Crippen LogP contribution is 2.28. The van der Waals surface area contributed by atoms with Crippen molar-refractivity contribution >= 4 is 21.8 Å². The van der Waals surface area contributed by atoms with Crippen LogP contribution in [0.15, 0.2) is 22.7 Å². The van der Waals surface area contributed by atoms with Crippen LogP contribution in [0.1, 0.15) is 45.3 Å². The number of carbonyl (C=O) groups excluding carboxylic acids is 1. The smallest absolute Gasteiger partial charge is 0.258 e. The van der Waals surface area contributed by atoms with E-state index in [4.69, 9.17) is 4.74 Å². The largest absolute Gasteiger partial charge is 0.483 e. The molecule has 0 aromatic heterocycles. The zero-order chi connectivity index (χ0) is 15.1. The summed E-state index contributed by atoms with van der Waals surface area (Å²) in [7, 11) is 0. The molecule has 0 saturated carbocycles. The van der Waals surface area contributed by atoms with E-state index >= 15 is 0 Å². The molecule has 0 fully saturated rings. The molecule has 0 radical (unpaired) electrons. The summed E-state index contributed by atoms with van der Waals surface area (Å²) in [5, 5.41) is 12.6. The van der Waals surface area contributed by atoms with Crippen molar-refractivity contribution in [1.82, 2.24) is 5.32 Å². The van der Waals surface area contributed by atoms with Crippen LogP contribution in [0.3, 0.4) is 0 Å². The maximum Gasteiger partial charge on any atom is 0.258 e. The lowest BCUT2D eigenvalue weighted by Gasteiger charge is -2.16. The van der Waals surface area contributed by atoms with Gasteiger partial charge in [0.25, 0.3) is 5.91 Å². The third kappa shape index (κ3) is 5.51. The predicted molar refractivity (Wildman–Crippen MR) is 82.8 cm³/mol. The SMILES string of the molecule is CCCC(C)NC(=O)COc1ccc(Br)cc1C(C)O. The lowest BCUT2D eigenvalue weighted by molar-refractivity contribution is -0.123. The predicted octanol–water partition coefficient (Wildman–Crippen LogP) is 3.19. The molecule has 112 valence electrons. The molecule has 1 amide bonds. The van der Waals surface area contributed by atoms with Crippen LogP contribution in [0.5, 0.6) is 5.75 Å². The van der Waals surface area contributed by atoms with Crippen LogP contribution in [0.2, 0.25) is 0 Å². The van der Waals surface area contributed by atoms with E-state index in [1.807, 2.05) is 13.0 Å². The van der Waals surface area contributed by atoms with Crippen molar-refractivity contribution < 1.29 is 14.6 Å². The fourth-order valence-corrected chi connectivity index (χ4v) is 2.32. The quantitative estimate of drug-likeness (QED) is 0.799. The van der Waals surface area contributed by atoms with E-state index in [9.17, 15) is 9.90 Å². The molecule has 5 heteroatoms. The number of halogens is 1. The number of benzene rings is 1. The van der Waals surface area contributed by atoms with Gasteiger partial charge in [-0.3, -0.25) is 4.79 Å². The van der Waals surface area contributed by atoms with Crippen LogP contribution in [-0.4, -0.2) is 23.7 Å². The van der Waals surface area contributed by atoms with Gasteiger partial charge in [0.1, 0.15) is 5.75 Å². The number of amides is 1. The molecule has 0 aliphatic heterocycles. The number of aliphatic hydroxyl groups is 1. The Bertz CT molecular complexity index is 449. The van der Waals surface area contributed by atoms with Crippen molar-refractivity contribution in [2.45, 2.75) is 45.8 Å². The summed E-state index contributed by atoms with van der Waals surface area (Å²) in [5.41, 5.74) is 0.661. The third-order valence-corrected chi connectivity index (χ3v) is 3.40. The highest BCUT2D eigenvalue weighted by atomic mass is 79.9. The van der Waals surface area contributed by atoms with Gasteiger partial charge in [0.15, 0.2) is 6.61 Å². The minimum absolute atomic E-state index is 0.0462. The molecule has 2 atom stereocenters. The van der Waals surface area contributed by atoms with E-state index in [0.29, 0.717) is 11.3 Å². The van der Waals surface area contributed by atoms with Crippen LogP contribution in [0, 0.1) is 0 Å². The first-order valence-corrected chi connectivity index (χ1v) is 7.63. The van der Waals surface area contributed by atoms with Gasteiger partial charge in [-0.25, -0.2) is 0 Å². The molecule has 2 unspecified atom stereocenters. The Hall–Kier alpha value is -1.07. The van der Waals surface area contributed by atoms with Crippen molar-refractivity contribution in [3.8, 4) is 5.75 Å². The van der Waals surface area contributed by atoms with Crippen molar-refractivity contribution in [2.24, 2.45) is 0 Å². The summed E-state index contributed by atoms with van der Waals surface area (Å²) in [5.74, 6) is 0.381. The number of carbonyl (C=O) groups is 1. The number of nitrogens with one attached hydrogen (secondary N) is 1. The van der Waals surface area contributed by atoms with Gasteiger partial charge in [-0.05, 0) is 38.5 Å². The molecule has 20 heavy (non-hydrogen) atoms. The second kappa shape index (κ2) is 8.27. The molecule has 0 bridgehead atoms. The Kier molecular flexibility index (Phi) is 7.02. The van der Waals surface area contributed by atoms with E-state index in [-0.39, 0.29) is 18.6 Å². The van der Waals surface area contributed by atoms with E-state index in [0.717, 1.165) is 17.3 Å². The molecule has 0 spiro atoms. The van der Waals surface area contributed by atoms with E-state index in [1.165, 1.54) is 0 Å². The summed E-state index contributed by atoms with van der Waals surface area (Å²) in [4.78, 5) is 11.7. The first-order chi connectivity index (χ1) is 9.43. The normalized spacial score (nSPS) is 13.7. The maximum absolute atomic E-state index is 11.7. The zero-order valence-corrected chi connectivity index (χ0v) is 13.7. The topological polar surface area (TPSA) is 58.6 Å². The maximum atomic E-state index is 11.7. The number of ether oxygens (including phenoxy) is 1. The van der Waals surface area contributed by atoms with Gasteiger partial charge in [0, 0.05) is 16.1 Å². The van der Waals surface area contributed by atoms with Crippen LogP contribution in [0.25, 0.3) is 0 Å². The lowest BCUT2D eigenvalue weighted by Crippen LogP contribution is -2.36. The van der Waals surface area contributed by atoms with E-state index in [2.05, 4.69) is 28.2 Å². The average Bonchev–Trinajstić information content (AvgIpc) is 2.37. The molecule has 1 aromatic carbocycles. The minimum Gasteiger partial charge on any atom is -0.483 e. The summed E-state index contributed by atoms with van der Waals surface area (Å²) in [6.45, 7) is 5.67. The molecule has 0 aliphatic carbocycles. The van der Waals surface area contributed by atoms with Crippen LogP contribution in [-0.2, 0) is 4.79 Å². The van der Waals surface area contributed by atoms with Crippen molar-refractivity contribution in [1.29, 1.82) is 0 Å². The second-order valence-corrected chi connectivity index (χ2v) is 5.82. The zero-order valence-electron chi connectivity index (χ0n) is 12.1. The van der Waals surface area contributed by atoms with E-state index in [1.54, 1.807) is 19.1 Å². The molecule has 2 N–H and O–H groups in total. The summed E-state index contributed by atoms with van der Waals surface area (Å²) < 4.78 is 6.36. The van der Waals surface area contributed by atoms with E-state index < -0.39 is 6.10 Å². The van der Waals surface area contributed by atoms with Gasteiger partial charge in [0.2, 0.25) is 0 Å². The van der Waals surface area contributed by atoms with Gasteiger partial charge < -0.3 is 15.2 Å². The molecule has 0 saturated heterocycles. The van der Waals surface area contributed by atoms with Gasteiger partial charge >= 0.3 is 0 Å². The van der Waals surface area contributed by atoms with Crippen molar-refractivity contribution in [3.05, 3.63) is 28.2 Å². The highest BCUT2D eigenvalue weighted by molar-refractivity contribution is 9.10. The third-order valence-electron chi connectivity index (χ3n) is 2.91. The first-order valence-electron chi connectivity index (χ1n) is 6.83. The number of hydrogen-bond acceptors (Lipinski definition) is 3. The number of aliphatic hydroxyl groups excluding tert-OH is 1. The van der Waals surface area contributed by atoms with Gasteiger partial charge in [-0.1, -0.05) is 29.3 Å². The molecule has 0 aliphatic rings. The molecule has 1 aromatic rings. The summed E-state index contributed by atoms with van der Waals surface area (Å²) >= 11 is 3.35. The van der Waals surface area contributed by atoms with Crippen LogP contribution in [0.4, 0.5) is 0 Å². The van der Waals surface area contributed by atoms with Crippen LogP contribution >= 0.6 is 15.9 Å².